The summed E-state index contributed by atoms with van der Waals surface area (Å²) in [6, 6.07) is 4.89. The highest BCUT2D eigenvalue weighted by molar-refractivity contribution is 7.71. The van der Waals surface area contributed by atoms with E-state index >= 15 is 0 Å². The third-order valence-corrected chi connectivity index (χ3v) is 4.64. The number of carbonyl (C=O) groups is 1. The first-order valence-electron chi connectivity index (χ1n) is 7.86. The molecular weight excluding hydrogens is 348 g/mol. The van der Waals surface area contributed by atoms with Gasteiger partial charge in [-0.2, -0.15) is 0 Å². The first-order chi connectivity index (χ1) is 11.9. The molecule has 0 atom stereocenters. The average molecular weight is 369 g/mol. The number of nitro benzene ring substituents is 1. The molecule has 1 aliphatic rings. The van der Waals surface area contributed by atoms with E-state index in [1.165, 1.54) is 6.07 Å². The molecule has 1 aliphatic heterocycles. The number of piperazine rings is 1. The van der Waals surface area contributed by atoms with Gasteiger partial charge in [0.05, 0.1) is 10.7 Å². The number of hydrogen-bond acceptors (Lipinski definition) is 7. The van der Waals surface area contributed by atoms with Crippen molar-refractivity contribution in [2.45, 2.75) is 5.75 Å². The molecule has 9 nitrogen and oxygen atoms in total. The number of benzene rings is 1. The van der Waals surface area contributed by atoms with Crippen molar-refractivity contribution in [1.29, 1.82) is 0 Å². The maximum atomic E-state index is 12.2. The zero-order chi connectivity index (χ0) is 18.4. The molecule has 0 aromatic heterocycles. The molecule has 1 fully saturated rings. The Kier molecular flexibility index (Phi) is 6.85. The molecule has 1 saturated heterocycles. The summed E-state index contributed by atoms with van der Waals surface area (Å²) in [6.07, 6.45) is 0. The Labute approximate surface area is 147 Å². The summed E-state index contributed by atoms with van der Waals surface area (Å²) in [4.78, 5) is 27.1. The van der Waals surface area contributed by atoms with E-state index in [9.17, 15) is 23.3 Å². The van der Waals surface area contributed by atoms with E-state index in [1.54, 1.807) is 0 Å². The molecule has 0 spiro atoms. The van der Waals surface area contributed by atoms with Crippen LogP contribution in [-0.4, -0.2) is 75.4 Å². The van der Waals surface area contributed by atoms with Crippen molar-refractivity contribution in [3.05, 3.63) is 39.4 Å². The van der Waals surface area contributed by atoms with E-state index in [-0.39, 0.29) is 16.9 Å². The number of nitrogens with zero attached hydrogens (tertiary/aromatic N) is 3. The Bertz CT molecular complexity index is 706. The highest BCUT2D eigenvalue weighted by Gasteiger charge is 2.21. The predicted molar refractivity (Wildman–Crippen MR) is 92.2 cm³/mol. The fourth-order valence-corrected chi connectivity index (χ4v) is 3.04. The van der Waals surface area contributed by atoms with Crippen molar-refractivity contribution in [2.24, 2.45) is 0 Å². The SMILES string of the molecule is CN1CCN(CCNC(=O)c2c[c]c(C[SH](=O)=O)cc2[N+](=O)[O-])CC1. The molecule has 1 N–H and O–H groups in total. The van der Waals surface area contributed by atoms with Crippen LogP contribution in [0.1, 0.15) is 15.9 Å². The molecule has 10 heteroatoms. The zero-order valence-corrected chi connectivity index (χ0v) is 14.8. The second-order valence-electron chi connectivity index (χ2n) is 5.91. The number of thiol groups is 1. The van der Waals surface area contributed by atoms with Gasteiger partial charge < -0.3 is 10.2 Å². The topological polar surface area (TPSA) is 113 Å². The lowest BCUT2D eigenvalue weighted by Crippen LogP contribution is -2.46. The van der Waals surface area contributed by atoms with Crippen LogP contribution in [0.2, 0.25) is 0 Å². The van der Waals surface area contributed by atoms with Crippen molar-refractivity contribution in [3.8, 4) is 0 Å². The minimum atomic E-state index is -2.72. The van der Waals surface area contributed by atoms with Crippen LogP contribution in [0.15, 0.2) is 12.1 Å². The number of amides is 1. The highest BCUT2D eigenvalue weighted by atomic mass is 32.2. The molecule has 0 aliphatic carbocycles. The predicted octanol–water partition coefficient (Wildman–Crippen LogP) is -0.516. The molecule has 0 bridgehead atoms. The Morgan fingerprint density at radius 2 is 2.04 bits per heavy atom. The van der Waals surface area contributed by atoms with Crippen LogP contribution in [0, 0.1) is 16.2 Å². The second kappa shape index (κ2) is 8.88. The lowest BCUT2D eigenvalue weighted by Gasteiger charge is -2.32. The molecular formula is C15H21N4O5S. The Balaban J connectivity index is 1.97. The summed E-state index contributed by atoms with van der Waals surface area (Å²) < 4.78 is 21.5. The van der Waals surface area contributed by atoms with Gasteiger partial charge in [-0.1, -0.05) is 0 Å². The van der Waals surface area contributed by atoms with Gasteiger partial charge in [0.25, 0.3) is 11.6 Å². The van der Waals surface area contributed by atoms with Gasteiger partial charge in [0.1, 0.15) is 16.3 Å². The van der Waals surface area contributed by atoms with E-state index in [0.717, 1.165) is 32.2 Å². The van der Waals surface area contributed by atoms with E-state index in [1.807, 2.05) is 0 Å². The van der Waals surface area contributed by atoms with Crippen LogP contribution < -0.4 is 5.32 Å². The van der Waals surface area contributed by atoms with Crippen molar-refractivity contribution < 1.29 is 18.1 Å². The summed E-state index contributed by atoms with van der Waals surface area (Å²) in [6.45, 7) is 4.83. The third kappa shape index (κ3) is 5.76. The molecule has 1 aromatic carbocycles. The van der Waals surface area contributed by atoms with Crippen LogP contribution in [-0.2, 0) is 16.5 Å². The normalized spacial score (nSPS) is 16.1. The fraction of sp³-hybridized carbons (Fsp3) is 0.533. The first-order valence-corrected chi connectivity index (χ1v) is 9.23. The van der Waals surface area contributed by atoms with Gasteiger partial charge in [0.2, 0.25) is 0 Å². The molecule has 0 unspecified atom stereocenters. The van der Waals surface area contributed by atoms with Gasteiger partial charge in [-0.25, -0.2) is 8.42 Å². The molecule has 1 radical (unpaired) electrons. The van der Waals surface area contributed by atoms with Crippen LogP contribution in [0.5, 0.6) is 0 Å². The zero-order valence-electron chi connectivity index (χ0n) is 13.9. The third-order valence-electron chi connectivity index (χ3n) is 4.04. The van der Waals surface area contributed by atoms with Gasteiger partial charge in [-0.05, 0) is 24.7 Å². The number of hydrogen-bond donors (Lipinski definition) is 2. The molecule has 1 aromatic rings. The number of nitrogens with one attached hydrogen (secondary N) is 1. The van der Waals surface area contributed by atoms with Gasteiger partial charge in [-0.3, -0.25) is 19.8 Å². The highest BCUT2D eigenvalue weighted by Crippen LogP contribution is 2.20. The van der Waals surface area contributed by atoms with E-state index in [4.69, 9.17) is 0 Å². The molecule has 2 rings (SSSR count). The number of likely N-dealkylation sites (N-methyl/N-ethyl adjacent to an activating group) is 1. The van der Waals surface area contributed by atoms with E-state index in [2.05, 4.69) is 28.2 Å². The Hall–Kier alpha value is -2.04. The lowest BCUT2D eigenvalue weighted by molar-refractivity contribution is -0.385. The molecule has 1 amide bonds. The molecule has 137 valence electrons. The lowest BCUT2D eigenvalue weighted by atomic mass is 10.1. The quantitative estimate of drug-likeness (QED) is 0.378. The van der Waals surface area contributed by atoms with Crippen molar-refractivity contribution >= 4 is 22.3 Å². The van der Waals surface area contributed by atoms with Gasteiger partial charge in [-0.15, -0.1) is 0 Å². The van der Waals surface area contributed by atoms with Crippen LogP contribution in [0.3, 0.4) is 0 Å². The largest absolute Gasteiger partial charge is 0.351 e. The van der Waals surface area contributed by atoms with Crippen molar-refractivity contribution in [3.63, 3.8) is 0 Å². The smallest absolute Gasteiger partial charge is 0.282 e. The monoisotopic (exact) mass is 369 g/mol. The van der Waals surface area contributed by atoms with E-state index < -0.39 is 27.2 Å². The van der Waals surface area contributed by atoms with Gasteiger partial charge in [0.15, 0.2) is 0 Å². The summed E-state index contributed by atoms with van der Waals surface area (Å²) in [5, 5.41) is 13.8. The molecule has 0 saturated carbocycles. The average Bonchev–Trinajstić information content (AvgIpc) is 2.56. The minimum absolute atomic E-state index is 0.117. The maximum Gasteiger partial charge on any atom is 0.282 e. The Morgan fingerprint density at radius 3 is 2.64 bits per heavy atom. The molecule has 1 heterocycles. The summed E-state index contributed by atoms with van der Waals surface area (Å²) in [5.74, 6) is -0.906. The Morgan fingerprint density at radius 1 is 1.36 bits per heavy atom. The summed E-state index contributed by atoms with van der Waals surface area (Å²) >= 11 is 0. The van der Waals surface area contributed by atoms with Gasteiger partial charge in [0, 0.05) is 45.3 Å². The van der Waals surface area contributed by atoms with Gasteiger partial charge >= 0.3 is 0 Å². The van der Waals surface area contributed by atoms with Crippen molar-refractivity contribution in [2.75, 3.05) is 46.3 Å². The number of nitro groups is 1. The van der Waals surface area contributed by atoms with Crippen LogP contribution in [0.25, 0.3) is 0 Å². The maximum absolute atomic E-state index is 12.2. The standard InChI is InChI=1S/C15H21N4O5S/c1-17-6-8-18(9-7-17)5-4-16-15(20)13-3-2-12(11-25(23)24)10-14(13)19(21)22/h3,10,25H,4-9,11H2,1H3,(H,16,20). The van der Waals surface area contributed by atoms with Crippen molar-refractivity contribution in [1.82, 2.24) is 15.1 Å². The van der Waals surface area contributed by atoms with Crippen LogP contribution >= 0.6 is 0 Å². The number of rotatable bonds is 7. The summed E-state index contributed by atoms with van der Waals surface area (Å²) in [7, 11) is -0.660. The minimum Gasteiger partial charge on any atom is -0.351 e. The summed E-state index contributed by atoms with van der Waals surface area (Å²) in [5.41, 5.74) is -0.368. The van der Waals surface area contributed by atoms with E-state index in [0.29, 0.717) is 13.1 Å². The van der Waals surface area contributed by atoms with Crippen LogP contribution in [0.4, 0.5) is 5.69 Å². The first kappa shape index (κ1) is 19.3. The second-order valence-corrected chi connectivity index (χ2v) is 6.89. The molecule has 25 heavy (non-hydrogen) atoms. The fourth-order valence-electron chi connectivity index (χ4n) is 2.58. The number of carbonyl (C=O) groups excluding carboxylic acids is 1.